The lowest BCUT2D eigenvalue weighted by Gasteiger charge is -2.40. The molecule has 0 bridgehead atoms. The number of nitrogens with zero attached hydrogens (tertiary/aromatic N) is 5. The summed E-state index contributed by atoms with van der Waals surface area (Å²) >= 11 is 0. The van der Waals surface area contributed by atoms with E-state index in [1.54, 1.807) is 32.9 Å². The number of benzene rings is 1. The van der Waals surface area contributed by atoms with Crippen LogP contribution in [0, 0.1) is 5.82 Å². The number of rotatable bonds is 5. The highest BCUT2D eigenvalue weighted by molar-refractivity contribution is 7.89. The standard InChI is InChI=1S/C23H24F4N6O2S/c1-21(2)20(28)32-22(3,12-36(21)31-11-23(25,26)27)14-7-13(5-6-15(14)24)18-8-16(33-35-18)17-9-30-19(34-4)10-29-17/h5-10H,11-12H2,1-4H3,(H2,28,32)/t22-,36-/m0/s1. The van der Waals surface area contributed by atoms with Crippen molar-refractivity contribution in [3.63, 3.8) is 0 Å². The first-order valence-corrected chi connectivity index (χ1v) is 12.1. The fourth-order valence-corrected chi connectivity index (χ4v) is 5.79. The Balaban J connectivity index is 1.71. The lowest BCUT2D eigenvalue weighted by molar-refractivity contribution is -0.117. The number of hydrogen-bond donors (Lipinski definition) is 1. The molecule has 0 unspecified atom stereocenters. The van der Waals surface area contributed by atoms with Gasteiger partial charge in [0.1, 0.15) is 29.6 Å². The normalized spacial score (nSPS) is 21.9. The molecule has 1 aliphatic rings. The highest BCUT2D eigenvalue weighted by Crippen LogP contribution is 2.39. The number of nitrogens with two attached hydrogens (primary N) is 1. The summed E-state index contributed by atoms with van der Waals surface area (Å²) in [5.41, 5.74) is 6.47. The molecule has 4 rings (SSSR count). The topological polar surface area (TPSA) is 112 Å². The number of amidine groups is 1. The van der Waals surface area contributed by atoms with Crippen molar-refractivity contribution in [1.29, 1.82) is 0 Å². The van der Waals surface area contributed by atoms with Gasteiger partial charge in [-0.15, -0.1) is 0 Å². The number of halogens is 4. The molecule has 1 aromatic carbocycles. The first-order valence-electron chi connectivity index (χ1n) is 10.8. The second-order valence-corrected chi connectivity index (χ2v) is 11.2. The van der Waals surface area contributed by atoms with Crippen LogP contribution in [0.15, 0.2) is 50.5 Å². The summed E-state index contributed by atoms with van der Waals surface area (Å²) in [5.74, 6) is 0.296. The fourth-order valence-electron chi connectivity index (χ4n) is 3.67. The molecule has 0 radical (unpaired) electrons. The minimum absolute atomic E-state index is 0.0697. The second kappa shape index (κ2) is 9.26. The van der Waals surface area contributed by atoms with Crippen molar-refractivity contribution in [2.45, 2.75) is 37.2 Å². The molecule has 8 nitrogen and oxygen atoms in total. The van der Waals surface area contributed by atoms with E-state index in [0.717, 1.165) is 0 Å². The van der Waals surface area contributed by atoms with Gasteiger partial charge in [0.15, 0.2) is 5.76 Å². The van der Waals surface area contributed by atoms with Crippen LogP contribution in [0.1, 0.15) is 26.3 Å². The van der Waals surface area contributed by atoms with Crippen LogP contribution in [0.2, 0.25) is 0 Å². The number of ether oxygens (including phenoxy) is 1. The Morgan fingerprint density at radius 3 is 2.53 bits per heavy atom. The zero-order valence-corrected chi connectivity index (χ0v) is 20.7. The van der Waals surface area contributed by atoms with E-state index in [2.05, 4.69) is 24.5 Å². The van der Waals surface area contributed by atoms with Gasteiger partial charge in [0.25, 0.3) is 0 Å². The van der Waals surface area contributed by atoms with Crippen LogP contribution in [0.4, 0.5) is 17.6 Å². The second-order valence-electron chi connectivity index (χ2n) is 8.91. The highest BCUT2D eigenvalue weighted by atomic mass is 32.2. The quantitative estimate of drug-likeness (QED) is 0.486. The number of methoxy groups -OCH3 is 1. The predicted molar refractivity (Wildman–Crippen MR) is 128 cm³/mol. The molecule has 192 valence electrons. The Morgan fingerprint density at radius 2 is 1.89 bits per heavy atom. The predicted octanol–water partition coefficient (Wildman–Crippen LogP) is 4.68. The van der Waals surface area contributed by atoms with Crippen molar-refractivity contribution in [2.24, 2.45) is 15.1 Å². The maximum atomic E-state index is 15.1. The van der Waals surface area contributed by atoms with E-state index in [1.807, 2.05) is 0 Å². The molecule has 13 heteroatoms. The van der Waals surface area contributed by atoms with Crippen molar-refractivity contribution in [1.82, 2.24) is 15.1 Å². The molecule has 0 saturated carbocycles. The van der Waals surface area contributed by atoms with Crippen LogP contribution in [-0.2, 0) is 16.2 Å². The third-order valence-corrected chi connectivity index (χ3v) is 8.50. The lowest BCUT2D eigenvalue weighted by Crippen LogP contribution is -2.52. The molecule has 0 aliphatic carbocycles. The molecular weight excluding hydrogens is 500 g/mol. The van der Waals surface area contributed by atoms with Gasteiger partial charge in [0.2, 0.25) is 5.88 Å². The van der Waals surface area contributed by atoms with Gasteiger partial charge in [0.05, 0.1) is 29.8 Å². The summed E-state index contributed by atoms with van der Waals surface area (Å²) in [4.78, 5) is 12.8. The Bertz CT molecular complexity index is 1340. The Kier molecular flexibility index (Phi) is 6.62. The maximum absolute atomic E-state index is 15.1. The zero-order valence-electron chi connectivity index (χ0n) is 19.9. The summed E-state index contributed by atoms with van der Waals surface area (Å²) in [6, 6.07) is 5.93. The van der Waals surface area contributed by atoms with E-state index >= 15 is 4.39 Å². The SMILES string of the molecule is COc1cnc(-c2cc(-c3ccc(F)c([C@]4(C)C[S@](=NCC(F)(F)F)C(C)(C)C(N)=N4)c3)on2)cn1. The number of alkyl halides is 3. The van der Waals surface area contributed by atoms with Crippen LogP contribution >= 0.6 is 0 Å². The van der Waals surface area contributed by atoms with Crippen LogP contribution in [0.3, 0.4) is 0 Å². The van der Waals surface area contributed by atoms with E-state index in [1.165, 1.54) is 31.6 Å². The summed E-state index contributed by atoms with van der Waals surface area (Å²) in [7, 11) is 0.312. The minimum Gasteiger partial charge on any atom is -0.480 e. The van der Waals surface area contributed by atoms with E-state index in [-0.39, 0.29) is 17.2 Å². The average molecular weight is 525 g/mol. The third-order valence-electron chi connectivity index (χ3n) is 5.83. The van der Waals surface area contributed by atoms with E-state index in [0.29, 0.717) is 28.6 Å². The van der Waals surface area contributed by atoms with Gasteiger partial charge in [-0.25, -0.2) is 14.4 Å². The van der Waals surface area contributed by atoms with Crippen LogP contribution < -0.4 is 10.5 Å². The summed E-state index contributed by atoms with van der Waals surface area (Å²) in [6.45, 7) is 3.72. The van der Waals surface area contributed by atoms with Gasteiger partial charge >= 0.3 is 6.18 Å². The molecular formula is C23H24F4N6O2S. The molecule has 0 spiro atoms. The van der Waals surface area contributed by atoms with Crippen molar-refractivity contribution >= 4 is 16.5 Å². The molecule has 36 heavy (non-hydrogen) atoms. The number of aliphatic imine (C=N–C) groups is 1. The summed E-state index contributed by atoms with van der Waals surface area (Å²) in [6.07, 6.45) is -1.54. The van der Waals surface area contributed by atoms with Crippen molar-refractivity contribution in [3.05, 3.63) is 48.0 Å². The maximum Gasteiger partial charge on any atom is 0.408 e. The van der Waals surface area contributed by atoms with Gasteiger partial charge in [-0.2, -0.15) is 13.2 Å². The molecule has 0 amide bonds. The van der Waals surface area contributed by atoms with E-state index < -0.39 is 39.5 Å². The lowest BCUT2D eigenvalue weighted by atomic mass is 9.91. The van der Waals surface area contributed by atoms with Crippen LogP contribution in [-0.4, -0.2) is 51.3 Å². The fraction of sp³-hybridized carbons (Fsp3) is 0.391. The monoisotopic (exact) mass is 524 g/mol. The molecule has 3 heterocycles. The molecule has 0 saturated heterocycles. The largest absolute Gasteiger partial charge is 0.480 e. The first-order chi connectivity index (χ1) is 16.8. The smallest absolute Gasteiger partial charge is 0.408 e. The highest BCUT2D eigenvalue weighted by Gasteiger charge is 2.43. The van der Waals surface area contributed by atoms with Gasteiger partial charge in [-0.05, 0) is 39.0 Å². The van der Waals surface area contributed by atoms with Gasteiger partial charge in [-0.3, -0.25) is 9.36 Å². The molecule has 2 atom stereocenters. The molecule has 1 aliphatic heterocycles. The Labute approximate surface area is 207 Å². The van der Waals surface area contributed by atoms with E-state index in [9.17, 15) is 13.2 Å². The van der Waals surface area contributed by atoms with Crippen molar-refractivity contribution in [3.8, 4) is 28.6 Å². The minimum atomic E-state index is -4.45. The Hall–Kier alpha value is -3.35. The number of hydrogen-bond acceptors (Lipinski definition) is 8. The number of aromatic nitrogens is 3. The van der Waals surface area contributed by atoms with Gasteiger partial charge < -0.3 is 15.0 Å². The van der Waals surface area contributed by atoms with Crippen LogP contribution in [0.5, 0.6) is 5.88 Å². The van der Waals surface area contributed by atoms with Gasteiger partial charge in [-0.1, -0.05) is 15.8 Å². The molecule has 2 aromatic heterocycles. The zero-order chi connectivity index (χ0) is 26.3. The molecule has 3 aromatic rings. The first kappa shape index (κ1) is 25.7. The molecule has 0 fully saturated rings. The summed E-state index contributed by atoms with van der Waals surface area (Å²) < 4.78 is 67.3. The van der Waals surface area contributed by atoms with Crippen LogP contribution in [0.25, 0.3) is 22.7 Å². The van der Waals surface area contributed by atoms with Gasteiger partial charge in [0, 0.05) is 22.9 Å². The third kappa shape index (κ3) is 5.11. The Morgan fingerprint density at radius 1 is 1.14 bits per heavy atom. The average Bonchev–Trinajstić information content (AvgIpc) is 3.31. The molecule has 2 N–H and O–H groups in total. The van der Waals surface area contributed by atoms with E-state index in [4.69, 9.17) is 15.0 Å². The van der Waals surface area contributed by atoms with Crippen molar-refractivity contribution in [2.75, 3.05) is 19.4 Å². The summed E-state index contributed by atoms with van der Waals surface area (Å²) in [5, 5.41) is 4.01. The van der Waals surface area contributed by atoms with Crippen molar-refractivity contribution < 1.29 is 26.8 Å².